The number of benzene rings is 2. The second kappa shape index (κ2) is 7.60. The van der Waals surface area contributed by atoms with Gasteiger partial charge in [0.15, 0.2) is 0 Å². The van der Waals surface area contributed by atoms with Crippen molar-refractivity contribution >= 4 is 34.1 Å². The lowest BCUT2D eigenvalue weighted by molar-refractivity contribution is -0.132. The number of fused-ring (bicyclic) bond motifs is 1. The Morgan fingerprint density at radius 1 is 1.21 bits per heavy atom. The number of para-hydroxylation sites is 1. The maximum absolute atomic E-state index is 12.6. The van der Waals surface area contributed by atoms with Crippen LogP contribution >= 0.6 is 11.6 Å². The number of pyridine rings is 1. The molecule has 0 spiro atoms. The largest absolute Gasteiger partial charge is 0.494 e. The van der Waals surface area contributed by atoms with Gasteiger partial charge >= 0.3 is 0 Å². The molecule has 4 rings (SSSR count). The van der Waals surface area contributed by atoms with E-state index in [9.17, 15) is 4.79 Å². The zero-order valence-electron chi connectivity index (χ0n) is 15.7. The van der Waals surface area contributed by atoms with Crippen molar-refractivity contribution in [2.45, 2.75) is 25.8 Å². The zero-order valence-corrected chi connectivity index (χ0v) is 16.5. The van der Waals surface area contributed by atoms with Crippen LogP contribution in [0.3, 0.4) is 0 Å². The van der Waals surface area contributed by atoms with E-state index in [0.29, 0.717) is 29.3 Å². The molecule has 1 atom stereocenters. The fraction of sp³-hybridized carbons (Fsp3) is 0.227. The van der Waals surface area contributed by atoms with Gasteiger partial charge in [0.05, 0.1) is 18.9 Å². The summed E-state index contributed by atoms with van der Waals surface area (Å²) in [5, 5.41) is 7.46. The summed E-state index contributed by atoms with van der Waals surface area (Å²) >= 11 is 6.56. The molecule has 5 nitrogen and oxygen atoms in total. The molecule has 0 saturated heterocycles. The van der Waals surface area contributed by atoms with Crippen molar-refractivity contribution in [3.05, 3.63) is 70.9 Å². The molecule has 1 aromatic heterocycles. The Bertz CT molecular complexity index is 1070. The Hall–Kier alpha value is -2.92. The first-order chi connectivity index (χ1) is 13.6. The molecular weight excluding hydrogens is 374 g/mol. The third-order valence-corrected chi connectivity index (χ3v) is 5.25. The molecule has 6 heteroatoms. The van der Waals surface area contributed by atoms with Crippen molar-refractivity contribution in [1.82, 2.24) is 9.99 Å². The second-order valence-electron chi connectivity index (χ2n) is 6.62. The predicted octanol–water partition coefficient (Wildman–Crippen LogP) is 4.98. The Balaban J connectivity index is 1.79. The van der Waals surface area contributed by atoms with Gasteiger partial charge in [-0.3, -0.25) is 4.79 Å². The highest BCUT2D eigenvalue weighted by Crippen LogP contribution is 2.38. The molecule has 142 valence electrons. The van der Waals surface area contributed by atoms with E-state index < -0.39 is 0 Å². The van der Waals surface area contributed by atoms with Gasteiger partial charge in [0, 0.05) is 23.8 Å². The standard InChI is InChI=1S/C22H20ClN3O2/c1-3-20(27)26-18(13-17(25-26)14-8-5-4-6-9-14)16-12-15-10-7-11-19(28-2)21(15)24-22(16)23/h4-12,18H,3,13H2,1-2H3/t18-/m1/s1. The van der Waals surface area contributed by atoms with Crippen LogP contribution in [0.2, 0.25) is 5.15 Å². The summed E-state index contributed by atoms with van der Waals surface area (Å²) in [6.07, 6.45) is 0.959. The molecule has 0 bridgehead atoms. The van der Waals surface area contributed by atoms with Crippen LogP contribution in [0.25, 0.3) is 10.9 Å². The van der Waals surface area contributed by atoms with E-state index in [-0.39, 0.29) is 11.9 Å². The molecule has 1 aliphatic rings. The minimum Gasteiger partial charge on any atom is -0.494 e. The third kappa shape index (κ3) is 3.22. The van der Waals surface area contributed by atoms with Gasteiger partial charge in [-0.15, -0.1) is 0 Å². The number of rotatable bonds is 4. The van der Waals surface area contributed by atoms with E-state index in [1.165, 1.54) is 0 Å². The number of nitrogens with zero attached hydrogens (tertiary/aromatic N) is 3. The number of hydrogen-bond donors (Lipinski definition) is 0. The van der Waals surface area contributed by atoms with Gasteiger partial charge in [0.1, 0.15) is 16.4 Å². The summed E-state index contributed by atoms with van der Waals surface area (Å²) in [5.74, 6) is 0.623. The first-order valence-electron chi connectivity index (χ1n) is 9.20. The second-order valence-corrected chi connectivity index (χ2v) is 6.98. The number of amides is 1. The van der Waals surface area contributed by atoms with Crippen LogP contribution in [0.5, 0.6) is 5.75 Å². The van der Waals surface area contributed by atoms with Crippen LogP contribution in [0, 0.1) is 0 Å². The van der Waals surface area contributed by atoms with Crippen LogP contribution in [0.4, 0.5) is 0 Å². The van der Waals surface area contributed by atoms with Crippen molar-refractivity contribution in [2.75, 3.05) is 7.11 Å². The lowest BCUT2D eigenvalue weighted by Crippen LogP contribution is -2.26. The van der Waals surface area contributed by atoms with E-state index in [1.807, 2.05) is 61.5 Å². The Labute approximate surface area is 168 Å². The molecule has 0 N–H and O–H groups in total. The number of aromatic nitrogens is 1. The van der Waals surface area contributed by atoms with Crippen molar-refractivity contribution in [3.8, 4) is 5.75 Å². The van der Waals surface area contributed by atoms with E-state index in [0.717, 1.165) is 22.2 Å². The number of carbonyl (C=O) groups excluding carboxylic acids is 1. The number of carbonyl (C=O) groups is 1. The molecule has 0 unspecified atom stereocenters. The minimum atomic E-state index is -0.279. The smallest absolute Gasteiger partial charge is 0.242 e. The molecule has 0 radical (unpaired) electrons. The van der Waals surface area contributed by atoms with E-state index in [1.54, 1.807) is 12.1 Å². The molecule has 2 aromatic carbocycles. The van der Waals surface area contributed by atoms with Gasteiger partial charge in [-0.2, -0.15) is 5.10 Å². The molecule has 0 aliphatic carbocycles. The fourth-order valence-electron chi connectivity index (χ4n) is 3.51. The summed E-state index contributed by atoms with van der Waals surface area (Å²) in [6.45, 7) is 1.83. The lowest BCUT2D eigenvalue weighted by Gasteiger charge is -2.22. The van der Waals surface area contributed by atoms with Crippen molar-refractivity contribution in [3.63, 3.8) is 0 Å². The summed E-state index contributed by atoms with van der Waals surface area (Å²) in [6, 6.07) is 17.3. The maximum Gasteiger partial charge on any atom is 0.242 e. The fourth-order valence-corrected chi connectivity index (χ4v) is 3.78. The third-order valence-electron chi connectivity index (χ3n) is 4.94. The van der Waals surface area contributed by atoms with Gasteiger partial charge < -0.3 is 4.74 Å². The molecule has 1 amide bonds. The number of halogens is 1. The molecular formula is C22H20ClN3O2. The van der Waals surface area contributed by atoms with Gasteiger partial charge in [-0.25, -0.2) is 9.99 Å². The molecule has 3 aromatic rings. The molecule has 0 saturated carbocycles. The molecule has 1 aliphatic heterocycles. The number of ether oxygens (including phenoxy) is 1. The van der Waals surface area contributed by atoms with Gasteiger partial charge in [0.25, 0.3) is 0 Å². The highest BCUT2D eigenvalue weighted by Gasteiger charge is 2.34. The molecule has 0 fully saturated rings. The van der Waals surface area contributed by atoms with E-state index in [4.69, 9.17) is 16.3 Å². The van der Waals surface area contributed by atoms with Crippen molar-refractivity contribution in [1.29, 1.82) is 0 Å². The normalized spacial score (nSPS) is 16.3. The molecule has 28 heavy (non-hydrogen) atoms. The molecule has 2 heterocycles. The van der Waals surface area contributed by atoms with Crippen LogP contribution < -0.4 is 4.74 Å². The summed E-state index contributed by atoms with van der Waals surface area (Å²) in [4.78, 5) is 17.1. The number of methoxy groups -OCH3 is 1. The highest BCUT2D eigenvalue weighted by molar-refractivity contribution is 6.30. The highest BCUT2D eigenvalue weighted by atomic mass is 35.5. The Morgan fingerprint density at radius 2 is 2.00 bits per heavy atom. The first kappa shape index (κ1) is 18.4. The van der Waals surface area contributed by atoms with Gasteiger partial charge in [-0.1, -0.05) is 61.0 Å². The predicted molar refractivity (Wildman–Crippen MR) is 111 cm³/mol. The topological polar surface area (TPSA) is 54.8 Å². The minimum absolute atomic E-state index is 0.0438. The Morgan fingerprint density at radius 3 is 2.71 bits per heavy atom. The average molecular weight is 394 g/mol. The van der Waals surface area contributed by atoms with Crippen LogP contribution in [-0.4, -0.2) is 28.7 Å². The van der Waals surface area contributed by atoms with Crippen molar-refractivity contribution < 1.29 is 9.53 Å². The zero-order chi connectivity index (χ0) is 19.7. The van der Waals surface area contributed by atoms with Crippen LogP contribution in [-0.2, 0) is 4.79 Å². The first-order valence-corrected chi connectivity index (χ1v) is 9.58. The summed E-state index contributed by atoms with van der Waals surface area (Å²) in [5.41, 5.74) is 3.37. The quantitative estimate of drug-likeness (QED) is 0.587. The monoisotopic (exact) mass is 393 g/mol. The van der Waals surface area contributed by atoms with E-state index in [2.05, 4.69) is 10.1 Å². The average Bonchev–Trinajstić information content (AvgIpc) is 3.18. The van der Waals surface area contributed by atoms with Gasteiger partial charge in [-0.05, 0) is 17.7 Å². The van der Waals surface area contributed by atoms with Gasteiger partial charge in [0.2, 0.25) is 5.91 Å². The lowest BCUT2D eigenvalue weighted by atomic mass is 9.98. The summed E-state index contributed by atoms with van der Waals surface area (Å²) in [7, 11) is 1.61. The van der Waals surface area contributed by atoms with Crippen LogP contribution in [0.15, 0.2) is 59.7 Å². The van der Waals surface area contributed by atoms with E-state index >= 15 is 0 Å². The number of hydrogen-bond acceptors (Lipinski definition) is 4. The Kier molecular flexibility index (Phi) is 5.01. The summed E-state index contributed by atoms with van der Waals surface area (Å²) < 4.78 is 5.39. The number of hydrazone groups is 1. The SMILES string of the molecule is CCC(=O)N1N=C(c2ccccc2)C[C@@H]1c1cc2cccc(OC)c2nc1Cl. The maximum atomic E-state index is 12.6. The van der Waals surface area contributed by atoms with Crippen molar-refractivity contribution in [2.24, 2.45) is 5.10 Å². The van der Waals surface area contributed by atoms with Crippen LogP contribution in [0.1, 0.15) is 36.9 Å².